The summed E-state index contributed by atoms with van der Waals surface area (Å²) < 4.78 is 5.67. The Morgan fingerprint density at radius 2 is 1.95 bits per heavy atom. The highest BCUT2D eigenvalue weighted by Gasteiger charge is 2.28. The Hall–Kier alpha value is -1.10. The first-order valence-electron chi connectivity index (χ1n) is 7.69. The first-order chi connectivity index (χ1) is 9.35. The zero-order valence-electron chi connectivity index (χ0n) is 13.4. The molecule has 1 fully saturated rings. The summed E-state index contributed by atoms with van der Waals surface area (Å²) in [7, 11) is 0. The van der Waals surface area contributed by atoms with Crippen LogP contribution in [0.1, 0.15) is 59.8 Å². The Morgan fingerprint density at radius 3 is 2.65 bits per heavy atom. The van der Waals surface area contributed by atoms with Crippen LogP contribution in [0.4, 0.5) is 6.01 Å². The van der Waals surface area contributed by atoms with Crippen LogP contribution in [0.3, 0.4) is 0 Å². The number of hydrogen-bond acceptors (Lipinski definition) is 5. The number of aromatic nitrogens is 2. The van der Waals surface area contributed by atoms with E-state index in [9.17, 15) is 0 Å². The van der Waals surface area contributed by atoms with Crippen molar-refractivity contribution in [2.24, 2.45) is 11.8 Å². The van der Waals surface area contributed by atoms with E-state index < -0.39 is 0 Å². The Bertz CT molecular complexity index is 424. The first-order valence-corrected chi connectivity index (χ1v) is 7.69. The molecule has 1 heterocycles. The molecule has 1 aromatic heterocycles. The lowest BCUT2D eigenvalue weighted by Gasteiger charge is -2.33. The molecule has 0 bridgehead atoms. The maximum Gasteiger partial charge on any atom is 0.315 e. The van der Waals surface area contributed by atoms with Crippen LogP contribution in [0.5, 0.6) is 0 Å². The third kappa shape index (κ3) is 4.20. The minimum absolute atomic E-state index is 0.0510. The summed E-state index contributed by atoms with van der Waals surface area (Å²) in [6.45, 7) is 11.6. The first kappa shape index (κ1) is 15.3. The molecule has 0 spiro atoms. The molecule has 0 aliphatic heterocycles. The molecule has 0 radical (unpaired) electrons. The number of rotatable bonds is 4. The van der Waals surface area contributed by atoms with Gasteiger partial charge in [-0.05, 0) is 39.0 Å². The van der Waals surface area contributed by atoms with E-state index in [1.165, 1.54) is 19.3 Å². The third-order valence-corrected chi connectivity index (χ3v) is 4.25. The zero-order chi connectivity index (χ0) is 14.8. The lowest BCUT2D eigenvalue weighted by molar-refractivity contribution is 0.249. The Kier molecular flexibility index (Phi) is 4.68. The smallest absolute Gasteiger partial charge is 0.315 e. The zero-order valence-corrected chi connectivity index (χ0v) is 13.4. The molecule has 1 aliphatic carbocycles. The number of nitrogens with zero attached hydrogens (tertiary/aromatic N) is 2. The van der Waals surface area contributed by atoms with Crippen LogP contribution in [0.2, 0.25) is 0 Å². The van der Waals surface area contributed by atoms with Gasteiger partial charge in [-0.15, -0.1) is 5.10 Å². The van der Waals surface area contributed by atoms with Crippen LogP contribution in [0.25, 0.3) is 0 Å². The van der Waals surface area contributed by atoms with Gasteiger partial charge in [-0.2, -0.15) is 0 Å². The van der Waals surface area contributed by atoms with Crippen molar-refractivity contribution >= 4 is 6.01 Å². The topological polar surface area (TPSA) is 63.0 Å². The molecule has 1 saturated carbocycles. The predicted octanol–water partition coefficient (Wildman–Crippen LogP) is 3.19. The highest BCUT2D eigenvalue weighted by Crippen LogP contribution is 2.31. The predicted molar refractivity (Wildman–Crippen MR) is 80.5 cm³/mol. The van der Waals surface area contributed by atoms with Gasteiger partial charge in [0, 0.05) is 11.6 Å². The molecule has 1 aliphatic rings. The van der Waals surface area contributed by atoms with Crippen LogP contribution in [-0.4, -0.2) is 21.8 Å². The van der Waals surface area contributed by atoms with Crippen molar-refractivity contribution in [3.05, 3.63) is 5.89 Å². The average Bonchev–Trinajstić information content (AvgIpc) is 2.80. The molecular formula is C15H28N4O. The number of nitrogens with one attached hydrogen (secondary N) is 2. The standard InChI is InChI=1S/C15H28N4O/c1-10-7-6-8-12(11(10)2)17-14-19-18-13(20-14)9-16-15(3,4)5/h10-12,16H,6-9H2,1-5H3,(H,17,19). The fraction of sp³-hybridized carbons (Fsp3) is 0.867. The highest BCUT2D eigenvalue weighted by atomic mass is 16.4. The van der Waals surface area contributed by atoms with Gasteiger partial charge < -0.3 is 15.1 Å². The van der Waals surface area contributed by atoms with E-state index >= 15 is 0 Å². The van der Waals surface area contributed by atoms with Crippen molar-refractivity contribution in [3.63, 3.8) is 0 Å². The summed E-state index contributed by atoms with van der Waals surface area (Å²) in [5.41, 5.74) is 0.0510. The second-order valence-corrected chi connectivity index (χ2v) is 7.12. The molecule has 114 valence electrons. The molecular weight excluding hydrogens is 252 g/mol. The third-order valence-electron chi connectivity index (χ3n) is 4.25. The summed E-state index contributed by atoms with van der Waals surface area (Å²) in [5, 5.41) is 14.9. The molecule has 5 nitrogen and oxygen atoms in total. The Labute approximate surface area is 121 Å². The van der Waals surface area contributed by atoms with Gasteiger partial charge in [0.05, 0.1) is 6.54 Å². The molecule has 2 rings (SSSR count). The van der Waals surface area contributed by atoms with Crippen molar-refractivity contribution in [2.75, 3.05) is 5.32 Å². The molecule has 3 atom stereocenters. The quantitative estimate of drug-likeness (QED) is 0.887. The van der Waals surface area contributed by atoms with Gasteiger partial charge in [-0.3, -0.25) is 0 Å². The monoisotopic (exact) mass is 280 g/mol. The van der Waals surface area contributed by atoms with Crippen molar-refractivity contribution in [2.45, 2.75) is 72.0 Å². The molecule has 0 amide bonds. The molecule has 2 N–H and O–H groups in total. The lowest BCUT2D eigenvalue weighted by Crippen LogP contribution is -2.35. The Balaban J connectivity index is 1.89. The Morgan fingerprint density at radius 1 is 1.20 bits per heavy atom. The van der Waals surface area contributed by atoms with Gasteiger partial charge in [-0.1, -0.05) is 31.8 Å². The second kappa shape index (κ2) is 6.12. The van der Waals surface area contributed by atoms with Gasteiger partial charge in [0.1, 0.15) is 0 Å². The summed E-state index contributed by atoms with van der Waals surface area (Å²) in [4.78, 5) is 0. The van der Waals surface area contributed by atoms with Crippen LogP contribution >= 0.6 is 0 Å². The summed E-state index contributed by atoms with van der Waals surface area (Å²) in [6, 6.07) is 1.00. The van der Waals surface area contributed by atoms with Crippen LogP contribution in [0, 0.1) is 11.8 Å². The van der Waals surface area contributed by atoms with E-state index in [0.717, 1.165) is 5.92 Å². The van der Waals surface area contributed by atoms with Crippen LogP contribution in [-0.2, 0) is 6.54 Å². The second-order valence-electron chi connectivity index (χ2n) is 7.12. The number of anilines is 1. The van der Waals surface area contributed by atoms with Gasteiger partial charge >= 0.3 is 6.01 Å². The molecule has 0 aromatic carbocycles. The van der Waals surface area contributed by atoms with Gasteiger partial charge in [0.2, 0.25) is 5.89 Å². The van der Waals surface area contributed by atoms with Crippen LogP contribution in [0.15, 0.2) is 4.42 Å². The van der Waals surface area contributed by atoms with Crippen LogP contribution < -0.4 is 10.6 Å². The van der Waals surface area contributed by atoms with E-state index in [1.807, 2.05) is 0 Å². The minimum atomic E-state index is 0.0510. The largest absolute Gasteiger partial charge is 0.407 e. The highest BCUT2D eigenvalue weighted by molar-refractivity contribution is 5.20. The van der Waals surface area contributed by atoms with Gasteiger partial charge in [0.25, 0.3) is 0 Å². The van der Waals surface area contributed by atoms with Gasteiger partial charge in [-0.25, -0.2) is 0 Å². The maximum atomic E-state index is 5.67. The minimum Gasteiger partial charge on any atom is -0.407 e. The fourth-order valence-corrected chi connectivity index (χ4v) is 2.67. The van der Waals surface area contributed by atoms with Gasteiger partial charge in [0.15, 0.2) is 0 Å². The van der Waals surface area contributed by atoms with E-state index in [-0.39, 0.29) is 5.54 Å². The molecule has 0 saturated heterocycles. The lowest BCUT2D eigenvalue weighted by atomic mass is 9.78. The number of hydrogen-bond donors (Lipinski definition) is 2. The summed E-state index contributed by atoms with van der Waals surface area (Å²) >= 11 is 0. The van der Waals surface area contributed by atoms with E-state index in [0.29, 0.717) is 30.4 Å². The SMILES string of the molecule is CC1CCCC(Nc2nnc(CNC(C)(C)C)o2)C1C. The normalized spacial score (nSPS) is 27.6. The van der Waals surface area contributed by atoms with Crippen molar-refractivity contribution in [3.8, 4) is 0 Å². The van der Waals surface area contributed by atoms with Crippen molar-refractivity contribution in [1.29, 1.82) is 0 Å². The fourth-order valence-electron chi connectivity index (χ4n) is 2.67. The van der Waals surface area contributed by atoms with Crippen molar-refractivity contribution < 1.29 is 4.42 Å². The van der Waals surface area contributed by atoms with E-state index in [2.05, 4.69) is 55.4 Å². The molecule has 1 aromatic rings. The average molecular weight is 280 g/mol. The summed E-state index contributed by atoms with van der Waals surface area (Å²) in [6.07, 6.45) is 3.78. The molecule has 20 heavy (non-hydrogen) atoms. The molecule has 5 heteroatoms. The molecule has 3 unspecified atom stereocenters. The maximum absolute atomic E-state index is 5.67. The summed E-state index contributed by atoms with van der Waals surface area (Å²) in [5.74, 6) is 2.04. The van der Waals surface area contributed by atoms with E-state index in [1.54, 1.807) is 0 Å². The van der Waals surface area contributed by atoms with E-state index in [4.69, 9.17) is 4.42 Å². The van der Waals surface area contributed by atoms with Crippen molar-refractivity contribution in [1.82, 2.24) is 15.5 Å².